The van der Waals surface area contributed by atoms with E-state index in [-0.39, 0.29) is 5.92 Å². The van der Waals surface area contributed by atoms with E-state index in [1.807, 2.05) is 30.0 Å². The third-order valence-electron chi connectivity index (χ3n) is 7.04. The SMILES string of the molecule is [C-]#[N+]c1cc(C(C)C)c2oc(-c3ccc(CCSC4CCN(c5ccc(C(F)(F)F)cn5)CC4)cc3)nc2c1. The number of benzene rings is 2. The normalized spacial score (nSPS) is 14.7. The van der Waals surface area contributed by atoms with Crippen molar-refractivity contribution < 1.29 is 17.6 Å². The van der Waals surface area contributed by atoms with Crippen molar-refractivity contribution >= 4 is 34.4 Å². The second-order valence-corrected chi connectivity index (χ2v) is 11.5. The summed E-state index contributed by atoms with van der Waals surface area (Å²) in [6.45, 7) is 13.1. The zero-order valence-electron chi connectivity index (χ0n) is 21.8. The van der Waals surface area contributed by atoms with Gasteiger partial charge in [-0.15, -0.1) is 0 Å². The van der Waals surface area contributed by atoms with E-state index in [2.05, 4.69) is 45.7 Å². The molecule has 5 nitrogen and oxygen atoms in total. The highest BCUT2D eigenvalue weighted by atomic mass is 32.2. The molecule has 0 radical (unpaired) electrons. The van der Waals surface area contributed by atoms with Crippen molar-refractivity contribution in [2.24, 2.45) is 0 Å². The summed E-state index contributed by atoms with van der Waals surface area (Å²) in [6.07, 6.45) is -0.526. The van der Waals surface area contributed by atoms with Crippen LogP contribution in [0.4, 0.5) is 24.7 Å². The monoisotopic (exact) mass is 550 g/mol. The second kappa shape index (κ2) is 11.3. The standard InChI is InChI=1S/C30H29F3N4OS/c1-19(2)25-16-23(34-3)17-26-28(25)38-29(36-26)21-6-4-20(5-7-21)12-15-39-24-10-13-37(14-11-24)27-9-8-22(18-35-27)30(31,32)33/h4-9,16-19,24H,10-15H2,1-2H3. The summed E-state index contributed by atoms with van der Waals surface area (Å²) in [5, 5.41) is 0.533. The Bertz CT molecular complexity index is 1470. The van der Waals surface area contributed by atoms with Gasteiger partial charge in [0.05, 0.1) is 17.7 Å². The first kappa shape index (κ1) is 27.1. The van der Waals surface area contributed by atoms with Gasteiger partial charge in [0.1, 0.15) is 5.82 Å². The number of anilines is 1. The maximum absolute atomic E-state index is 12.8. The van der Waals surface area contributed by atoms with Crippen molar-refractivity contribution in [3.63, 3.8) is 0 Å². The second-order valence-electron chi connectivity index (χ2n) is 10.1. The molecule has 0 unspecified atom stereocenters. The van der Waals surface area contributed by atoms with E-state index in [0.29, 0.717) is 28.2 Å². The van der Waals surface area contributed by atoms with Gasteiger partial charge in [0.25, 0.3) is 0 Å². The molecule has 2 aromatic heterocycles. The van der Waals surface area contributed by atoms with Crippen molar-refractivity contribution in [2.45, 2.75) is 50.5 Å². The van der Waals surface area contributed by atoms with E-state index in [1.54, 1.807) is 6.07 Å². The van der Waals surface area contributed by atoms with Crippen LogP contribution in [0, 0.1) is 6.57 Å². The van der Waals surface area contributed by atoms with Crippen molar-refractivity contribution in [1.29, 1.82) is 0 Å². The first-order valence-electron chi connectivity index (χ1n) is 13.0. The quantitative estimate of drug-likeness (QED) is 0.216. The lowest BCUT2D eigenvalue weighted by Crippen LogP contribution is -2.35. The lowest BCUT2D eigenvalue weighted by molar-refractivity contribution is -0.137. The molecule has 0 aliphatic carbocycles. The van der Waals surface area contributed by atoms with Crippen LogP contribution in [0.5, 0.6) is 0 Å². The molecule has 1 fully saturated rings. The number of fused-ring (bicyclic) bond motifs is 1. The summed E-state index contributed by atoms with van der Waals surface area (Å²) in [4.78, 5) is 14.3. The molecular formula is C30H29F3N4OS. The molecule has 1 aliphatic heterocycles. The largest absolute Gasteiger partial charge is 0.436 e. The number of aromatic nitrogens is 2. The van der Waals surface area contributed by atoms with E-state index >= 15 is 0 Å². The minimum atomic E-state index is -4.36. The highest BCUT2D eigenvalue weighted by Gasteiger charge is 2.31. The van der Waals surface area contributed by atoms with Gasteiger partial charge in [-0.1, -0.05) is 26.0 Å². The molecule has 4 aromatic rings. The molecule has 3 heterocycles. The molecule has 202 valence electrons. The summed E-state index contributed by atoms with van der Waals surface area (Å²) in [7, 11) is 0. The van der Waals surface area contributed by atoms with Crippen LogP contribution < -0.4 is 4.90 Å². The third kappa shape index (κ3) is 6.22. The van der Waals surface area contributed by atoms with E-state index in [1.165, 1.54) is 11.6 Å². The van der Waals surface area contributed by atoms with Crippen LogP contribution in [0.1, 0.15) is 49.3 Å². The fourth-order valence-corrected chi connectivity index (χ4v) is 6.04. The molecular weight excluding hydrogens is 521 g/mol. The Morgan fingerprint density at radius 1 is 1.10 bits per heavy atom. The Hall–Kier alpha value is -3.51. The predicted octanol–water partition coefficient (Wildman–Crippen LogP) is 8.53. The Kier molecular flexibility index (Phi) is 7.85. The molecule has 0 spiro atoms. The van der Waals surface area contributed by atoms with Gasteiger partial charge >= 0.3 is 6.18 Å². The number of alkyl halides is 3. The average molecular weight is 551 g/mol. The summed E-state index contributed by atoms with van der Waals surface area (Å²) in [6, 6.07) is 14.5. The highest BCUT2D eigenvalue weighted by molar-refractivity contribution is 7.99. The van der Waals surface area contributed by atoms with Crippen LogP contribution in [0.15, 0.2) is 59.1 Å². The van der Waals surface area contributed by atoms with Gasteiger partial charge in [0.2, 0.25) is 5.89 Å². The maximum atomic E-state index is 12.8. The van der Waals surface area contributed by atoms with Gasteiger partial charge < -0.3 is 9.32 Å². The maximum Gasteiger partial charge on any atom is 0.417 e. The fourth-order valence-electron chi connectivity index (χ4n) is 4.81. The Morgan fingerprint density at radius 2 is 1.85 bits per heavy atom. The van der Waals surface area contributed by atoms with Crippen LogP contribution in [0.3, 0.4) is 0 Å². The predicted molar refractivity (Wildman–Crippen MR) is 150 cm³/mol. The molecule has 0 atom stereocenters. The fraction of sp³-hybridized carbons (Fsp3) is 0.367. The number of nitrogens with zero attached hydrogens (tertiary/aromatic N) is 4. The van der Waals surface area contributed by atoms with Gasteiger partial charge in [-0.25, -0.2) is 14.8 Å². The molecule has 0 bridgehead atoms. The van der Waals surface area contributed by atoms with E-state index in [9.17, 15) is 13.2 Å². The summed E-state index contributed by atoms with van der Waals surface area (Å²) in [5.41, 5.74) is 4.45. The molecule has 9 heteroatoms. The number of hydrogen-bond acceptors (Lipinski definition) is 5. The van der Waals surface area contributed by atoms with Gasteiger partial charge in [0, 0.05) is 30.1 Å². The van der Waals surface area contributed by atoms with Gasteiger partial charge in [-0.3, -0.25) is 0 Å². The average Bonchev–Trinajstić information content (AvgIpc) is 3.37. The van der Waals surface area contributed by atoms with Crippen LogP contribution in [0.2, 0.25) is 0 Å². The zero-order valence-corrected chi connectivity index (χ0v) is 22.6. The van der Waals surface area contributed by atoms with Crippen LogP contribution in [-0.2, 0) is 12.6 Å². The van der Waals surface area contributed by atoms with E-state index in [4.69, 9.17) is 11.0 Å². The molecule has 5 rings (SSSR count). The molecule has 0 saturated carbocycles. The molecule has 0 amide bonds. The minimum absolute atomic E-state index is 0.226. The van der Waals surface area contributed by atoms with E-state index < -0.39 is 11.7 Å². The van der Waals surface area contributed by atoms with Crippen molar-refractivity contribution in [1.82, 2.24) is 9.97 Å². The first-order valence-corrected chi connectivity index (χ1v) is 14.1. The molecule has 1 saturated heterocycles. The number of thioether (sulfide) groups is 1. The number of hydrogen-bond donors (Lipinski definition) is 0. The lowest BCUT2D eigenvalue weighted by Gasteiger charge is -2.32. The Morgan fingerprint density at radius 3 is 2.46 bits per heavy atom. The summed E-state index contributed by atoms with van der Waals surface area (Å²) < 4.78 is 44.5. The molecule has 2 aromatic carbocycles. The zero-order chi connectivity index (χ0) is 27.6. The van der Waals surface area contributed by atoms with Gasteiger partial charge in [0.15, 0.2) is 11.3 Å². The highest BCUT2D eigenvalue weighted by Crippen LogP contribution is 2.34. The number of halogens is 3. The van der Waals surface area contributed by atoms with E-state index in [0.717, 1.165) is 67.1 Å². The molecule has 0 N–H and O–H groups in total. The Balaban J connectivity index is 1.13. The number of piperidine rings is 1. The van der Waals surface area contributed by atoms with Crippen molar-refractivity contribution in [2.75, 3.05) is 23.7 Å². The third-order valence-corrected chi connectivity index (χ3v) is 8.42. The summed E-state index contributed by atoms with van der Waals surface area (Å²) >= 11 is 1.96. The van der Waals surface area contributed by atoms with Crippen molar-refractivity contribution in [3.05, 3.63) is 82.8 Å². The number of oxazole rings is 1. The van der Waals surface area contributed by atoms with Gasteiger partial charge in [-0.2, -0.15) is 24.9 Å². The Labute approximate surface area is 230 Å². The van der Waals surface area contributed by atoms with Gasteiger partial charge in [-0.05, 0) is 78.5 Å². The molecule has 39 heavy (non-hydrogen) atoms. The van der Waals surface area contributed by atoms with Crippen LogP contribution >= 0.6 is 11.8 Å². The van der Waals surface area contributed by atoms with Crippen LogP contribution in [0.25, 0.3) is 27.4 Å². The molecule has 1 aliphatic rings. The smallest absolute Gasteiger partial charge is 0.417 e. The first-order chi connectivity index (χ1) is 18.7. The lowest BCUT2D eigenvalue weighted by atomic mass is 10.0. The minimum Gasteiger partial charge on any atom is -0.436 e. The van der Waals surface area contributed by atoms with Crippen molar-refractivity contribution in [3.8, 4) is 11.5 Å². The topological polar surface area (TPSA) is 46.5 Å². The van der Waals surface area contributed by atoms with Crippen LogP contribution in [-0.4, -0.2) is 34.1 Å². The summed E-state index contributed by atoms with van der Waals surface area (Å²) in [5.74, 6) is 2.40. The number of aryl methyl sites for hydroxylation is 1. The number of rotatable bonds is 7. The number of pyridine rings is 1.